The molecule has 28 heavy (non-hydrogen) atoms. The van der Waals surface area contributed by atoms with Gasteiger partial charge < -0.3 is 15.4 Å². The normalized spacial score (nSPS) is 10.9. The fourth-order valence-electron chi connectivity index (χ4n) is 2.34. The van der Waals surface area contributed by atoms with E-state index in [1.165, 1.54) is 31.2 Å². The molecule has 9 heteroatoms. The summed E-state index contributed by atoms with van der Waals surface area (Å²) < 4.78 is 31.9. The first-order valence-electron chi connectivity index (χ1n) is 8.57. The Kier molecular flexibility index (Phi) is 7.53. The number of hydrogen-bond donors (Lipinski definition) is 3. The van der Waals surface area contributed by atoms with E-state index in [1.807, 2.05) is 12.1 Å². The summed E-state index contributed by atoms with van der Waals surface area (Å²) in [7, 11) is -2.15. The molecule has 2 aromatic rings. The number of ether oxygens (including phenoxy) is 1. The first kappa shape index (κ1) is 21.4. The van der Waals surface area contributed by atoms with E-state index in [1.54, 1.807) is 19.2 Å². The highest BCUT2D eigenvalue weighted by atomic mass is 32.2. The number of nitrogens with one attached hydrogen (secondary N) is 3. The number of methoxy groups -OCH3 is 1. The molecule has 2 aromatic carbocycles. The van der Waals surface area contributed by atoms with Crippen molar-refractivity contribution in [3.63, 3.8) is 0 Å². The van der Waals surface area contributed by atoms with Crippen molar-refractivity contribution in [2.75, 3.05) is 19.0 Å². The summed E-state index contributed by atoms with van der Waals surface area (Å²) >= 11 is 0. The third kappa shape index (κ3) is 6.67. The summed E-state index contributed by atoms with van der Waals surface area (Å²) in [5, 5.41) is 5.29. The smallest absolute Gasteiger partial charge is 0.240 e. The van der Waals surface area contributed by atoms with Gasteiger partial charge in [0.15, 0.2) is 0 Å². The van der Waals surface area contributed by atoms with Crippen LogP contribution >= 0.6 is 0 Å². The first-order valence-corrected chi connectivity index (χ1v) is 10.1. The molecule has 150 valence electrons. The number of benzene rings is 2. The zero-order chi connectivity index (χ0) is 20.6. The van der Waals surface area contributed by atoms with Gasteiger partial charge in [-0.05, 0) is 42.0 Å². The monoisotopic (exact) mass is 405 g/mol. The van der Waals surface area contributed by atoms with Crippen LogP contribution in [0.2, 0.25) is 0 Å². The van der Waals surface area contributed by atoms with Crippen molar-refractivity contribution in [3.8, 4) is 5.75 Å². The fraction of sp³-hybridized carbons (Fsp3) is 0.263. The molecule has 0 saturated carbocycles. The van der Waals surface area contributed by atoms with Gasteiger partial charge >= 0.3 is 0 Å². The number of carbonyl (C=O) groups excluding carboxylic acids is 2. The Morgan fingerprint density at radius 3 is 2.21 bits per heavy atom. The quantitative estimate of drug-likeness (QED) is 0.587. The largest absolute Gasteiger partial charge is 0.497 e. The van der Waals surface area contributed by atoms with Crippen molar-refractivity contribution in [1.82, 2.24) is 10.0 Å². The lowest BCUT2D eigenvalue weighted by Gasteiger charge is -2.09. The van der Waals surface area contributed by atoms with Crippen LogP contribution in [-0.2, 0) is 26.2 Å². The van der Waals surface area contributed by atoms with Crippen molar-refractivity contribution in [2.45, 2.75) is 24.8 Å². The Labute approximate surface area is 164 Å². The number of anilines is 1. The van der Waals surface area contributed by atoms with Crippen LogP contribution in [0.25, 0.3) is 0 Å². The van der Waals surface area contributed by atoms with E-state index in [0.29, 0.717) is 12.2 Å². The fourth-order valence-corrected chi connectivity index (χ4v) is 3.37. The van der Waals surface area contributed by atoms with Crippen LogP contribution in [0.3, 0.4) is 0 Å². The van der Waals surface area contributed by atoms with Crippen molar-refractivity contribution in [1.29, 1.82) is 0 Å². The highest BCUT2D eigenvalue weighted by Gasteiger charge is 2.14. The number of hydrogen-bond acceptors (Lipinski definition) is 5. The molecule has 3 N–H and O–H groups in total. The Hall–Kier alpha value is -2.91. The molecule has 0 unspecified atom stereocenters. The van der Waals surface area contributed by atoms with Crippen LogP contribution < -0.4 is 20.1 Å². The van der Waals surface area contributed by atoms with Gasteiger partial charge in [0.25, 0.3) is 0 Å². The molecule has 0 spiro atoms. The summed E-state index contributed by atoms with van der Waals surface area (Å²) in [6.07, 6.45) is 0.0133. The molecule has 8 nitrogen and oxygen atoms in total. The molecule has 2 rings (SSSR count). The first-order chi connectivity index (χ1) is 13.3. The van der Waals surface area contributed by atoms with Gasteiger partial charge in [0.05, 0.1) is 12.0 Å². The van der Waals surface area contributed by atoms with Gasteiger partial charge in [-0.1, -0.05) is 12.1 Å². The second kappa shape index (κ2) is 9.86. The van der Waals surface area contributed by atoms with Crippen molar-refractivity contribution in [3.05, 3.63) is 54.1 Å². The lowest BCUT2D eigenvalue weighted by atomic mass is 10.2. The Morgan fingerprint density at radius 1 is 1.00 bits per heavy atom. The maximum atomic E-state index is 12.2. The van der Waals surface area contributed by atoms with E-state index in [4.69, 9.17) is 4.74 Å². The highest BCUT2D eigenvalue weighted by molar-refractivity contribution is 7.89. The van der Waals surface area contributed by atoms with E-state index in [0.717, 1.165) is 11.3 Å². The van der Waals surface area contributed by atoms with Gasteiger partial charge in [-0.3, -0.25) is 9.59 Å². The average molecular weight is 405 g/mol. The predicted octanol–water partition coefficient (Wildman–Crippen LogP) is 1.64. The van der Waals surface area contributed by atoms with Crippen LogP contribution in [0.4, 0.5) is 5.69 Å². The lowest BCUT2D eigenvalue weighted by molar-refractivity contribution is -0.121. The number of sulfonamides is 1. The summed E-state index contributed by atoms with van der Waals surface area (Å²) in [5.41, 5.74) is 1.42. The Balaban J connectivity index is 1.78. The molecule has 0 aliphatic heterocycles. The zero-order valence-electron chi connectivity index (χ0n) is 15.7. The average Bonchev–Trinajstić information content (AvgIpc) is 2.66. The predicted molar refractivity (Wildman–Crippen MR) is 105 cm³/mol. The van der Waals surface area contributed by atoms with Gasteiger partial charge in [0.1, 0.15) is 5.75 Å². The minimum absolute atomic E-state index is 0.0133. The van der Waals surface area contributed by atoms with Crippen LogP contribution in [0.1, 0.15) is 18.9 Å². The van der Waals surface area contributed by atoms with Gasteiger partial charge in [0, 0.05) is 32.1 Å². The number of carbonyl (C=O) groups is 2. The van der Waals surface area contributed by atoms with Crippen molar-refractivity contribution in [2.24, 2.45) is 0 Å². The standard InChI is InChI=1S/C19H23N3O5S/c1-14(23)22-16-5-9-18(10-6-16)28(25,26)21-12-11-19(24)20-13-15-3-7-17(27-2)8-4-15/h3-10,21H,11-13H2,1-2H3,(H,20,24)(H,22,23). The Morgan fingerprint density at radius 2 is 1.64 bits per heavy atom. The highest BCUT2D eigenvalue weighted by Crippen LogP contribution is 2.14. The summed E-state index contributed by atoms with van der Waals surface area (Å²) in [6.45, 7) is 1.69. The third-order valence-electron chi connectivity index (χ3n) is 3.78. The maximum absolute atomic E-state index is 12.2. The van der Waals surface area contributed by atoms with E-state index < -0.39 is 10.0 Å². The summed E-state index contributed by atoms with van der Waals surface area (Å²) in [4.78, 5) is 22.9. The molecule has 0 bridgehead atoms. The molecular weight excluding hydrogens is 382 g/mol. The van der Waals surface area contributed by atoms with Crippen LogP contribution in [0, 0.1) is 0 Å². The second-order valence-electron chi connectivity index (χ2n) is 5.98. The third-order valence-corrected chi connectivity index (χ3v) is 5.25. The van der Waals surface area contributed by atoms with E-state index in [2.05, 4.69) is 15.4 Å². The van der Waals surface area contributed by atoms with Crippen LogP contribution in [0.5, 0.6) is 5.75 Å². The summed E-state index contributed by atoms with van der Waals surface area (Å²) in [5.74, 6) is 0.225. The van der Waals surface area contributed by atoms with Gasteiger partial charge in [-0.2, -0.15) is 0 Å². The molecule has 0 aromatic heterocycles. The van der Waals surface area contributed by atoms with Gasteiger partial charge in [-0.15, -0.1) is 0 Å². The topological polar surface area (TPSA) is 114 Å². The molecular formula is C19H23N3O5S. The molecule has 0 aliphatic rings. The molecule has 0 fully saturated rings. The second-order valence-corrected chi connectivity index (χ2v) is 7.75. The maximum Gasteiger partial charge on any atom is 0.240 e. The van der Waals surface area contributed by atoms with Crippen molar-refractivity contribution < 1.29 is 22.7 Å². The van der Waals surface area contributed by atoms with Crippen molar-refractivity contribution >= 4 is 27.5 Å². The SMILES string of the molecule is COc1ccc(CNC(=O)CCNS(=O)(=O)c2ccc(NC(C)=O)cc2)cc1. The molecule has 0 radical (unpaired) electrons. The van der Waals surface area contributed by atoms with Gasteiger partial charge in [0.2, 0.25) is 21.8 Å². The molecule has 0 aliphatic carbocycles. The zero-order valence-corrected chi connectivity index (χ0v) is 16.5. The molecule has 0 heterocycles. The van der Waals surface area contributed by atoms with Crippen LogP contribution in [-0.4, -0.2) is 33.9 Å². The summed E-state index contributed by atoms with van der Waals surface area (Å²) in [6, 6.07) is 13.0. The van der Waals surface area contributed by atoms with Crippen LogP contribution in [0.15, 0.2) is 53.4 Å². The number of rotatable bonds is 9. The molecule has 2 amide bonds. The lowest BCUT2D eigenvalue weighted by Crippen LogP contribution is -2.30. The van der Waals surface area contributed by atoms with E-state index in [9.17, 15) is 18.0 Å². The van der Waals surface area contributed by atoms with Gasteiger partial charge in [-0.25, -0.2) is 13.1 Å². The Bertz CT molecular complexity index is 910. The molecule has 0 saturated heterocycles. The number of amides is 2. The molecule has 0 atom stereocenters. The minimum atomic E-state index is -3.73. The minimum Gasteiger partial charge on any atom is -0.497 e. The van der Waals surface area contributed by atoms with E-state index >= 15 is 0 Å². The van der Waals surface area contributed by atoms with E-state index in [-0.39, 0.29) is 29.7 Å².